The van der Waals surface area contributed by atoms with Gasteiger partial charge < -0.3 is 34.9 Å². The molecule has 1 heterocycles. The summed E-state index contributed by atoms with van der Waals surface area (Å²) in [5.74, 6) is 0. The third-order valence-corrected chi connectivity index (χ3v) is 3.23. The van der Waals surface area contributed by atoms with E-state index in [4.69, 9.17) is 24.7 Å². The Kier molecular flexibility index (Phi) is 4.44. The van der Waals surface area contributed by atoms with E-state index in [0.717, 1.165) is 0 Å². The Balaban J connectivity index is 2.57. The second-order valence-electron chi connectivity index (χ2n) is 3.71. The van der Waals surface area contributed by atoms with E-state index in [9.17, 15) is 14.8 Å². The molecule has 8 nitrogen and oxygen atoms in total. The minimum atomic E-state index is -4.23. The molecule has 1 aliphatic heterocycles. The lowest BCUT2D eigenvalue weighted by Gasteiger charge is -2.38. The fourth-order valence-corrected chi connectivity index (χ4v) is 2.06. The van der Waals surface area contributed by atoms with Gasteiger partial charge in [-0.2, -0.15) is 0 Å². The molecule has 9 heteroatoms. The van der Waals surface area contributed by atoms with Crippen LogP contribution in [0.2, 0.25) is 0 Å². The highest BCUT2D eigenvalue weighted by Crippen LogP contribution is 2.36. The Bertz CT molecular complexity index is 278. The molecule has 0 radical (unpaired) electrons. The summed E-state index contributed by atoms with van der Waals surface area (Å²) >= 11 is 0. The number of hydrogen-bond donors (Lipinski definition) is 6. The molecule has 0 aliphatic carbocycles. The summed E-state index contributed by atoms with van der Waals surface area (Å²) in [6.45, 7) is 0. The smallest absolute Gasteiger partial charge is 0.325 e. The molecule has 0 aromatic carbocycles. The van der Waals surface area contributed by atoms with E-state index in [0.29, 0.717) is 0 Å². The van der Waals surface area contributed by atoms with E-state index >= 15 is 0 Å². The molecule has 16 heavy (non-hydrogen) atoms. The van der Waals surface area contributed by atoms with Crippen LogP contribution >= 0.6 is 7.60 Å². The van der Waals surface area contributed by atoms with Crippen LogP contribution in [0.15, 0.2) is 0 Å². The van der Waals surface area contributed by atoms with Gasteiger partial charge in [-0.25, -0.2) is 0 Å². The summed E-state index contributed by atoms with van der Waals surface area (Å²) in [5.41, 5.74) is 0. The van der Waals surface area contributed by atoms with Gasteiger partial charge in [0.05, 0.1) is 12.3 Å². The zero-order chi connectivity index (χ0) is 12.5. The fourth-order valence-electron chi connectivity index (χ4n) is 1.46. The first-order valence-corrected chi connectivity index (χ1v) is 6.44. The van der Waals surface area contributed by atoms with Gasteiger partial charge in [-0.1, -0.05) is 0 Å². The standard InChI is InChI=1S/C7H15O8P/c8-4-3(1-2-16(12,13)14)15-7(11)6(10)5(4)9/h3-11H,1-2H2,(H2,12,13,14)/t3-,4-,5+,6-,7-/m1/s1. The van der Waals surface area contributed by atoms with E-state index in [-0.39, 0.29) is 6.42 Å². The van der Waals surface area contributed by atoms with Crippen LogP contribution in [0.3, 0.4) is 0 Å². The largest absolute Gasteiger partial charge is 0.388 e. The van der Waals surface area contributed by atoms with Crippen LogP contribution in [-0.4, -0.2) is 67.1 Å². The van der Waals surface area contributed by atoms with Gasteiger partial charge in [0, 0.05) is 0 Å². The summed E-state index contributed by atoms with van der Waals surface area (Å²) in [7, 11) is -4.23. The first-order valence-electron chi connectivity index (χ1n) is 4.64. The monoisotopic (exact) mass is 258 g/mol. The number of rotatable bonds is 3. The minimum Gasteiger partial charge on any atom is -0.388 e. The Morgan fingerprint density at radius 1 is 1.00 bits per heavy atom. The number of aliphatic hydroxyl groups excluding tert-OH is 4. The van der Waals surface area contributed by atoms with E-state index in [1.165, 1.54) is 0 Å². The van der Waals surface area contributed by atoms with Crippen LogP contribution < -0.4 is 0 Å². The third-order valence-electron chi connectivity index (χ3n) is 2.39. The average Bonchev–Trinajstić information content (AvgIpc) is 2.17. The van der Waals surface area contributed by atoms with E-state index in [1.54, 1.807) is 0 Å². The van der Waals surface area contributed by atoms with E-state index in [1.807, 2.05) is 0 Å². The predicted octanol–water partition coefficient (Wildman–Crippen LogP) is -2.65. The molecule has 0 unspecified atom stereocenters. The third kappa shape index (κ3) is 3.47. The maximum Gasteiger partial charge on any atom is 0.325 e. The van der Waals surface area contributed by atoms with Gasteiger partial charge in [0.2, 0.25) is 0 Å². The Morgan fingerprint density at radius 3 is 2.06 bits per heavy atom. The summed E-state index contributed by atoms with van der Waals surface area (Å²) in [4.78, 5) is 17.2. The van der Waals surface area contributed by atoms with Gasteiger partial charge in [0.1, 0.15) is 18.3 Å². The Morgan fingerprint density at radius 2 is 1.56 bits per heavy atom. The lowest BCUT2D eigenvalue weighted by molar-refractivity contribution is -0.281. The molecule has 0 aromatic heterocycles. The molecule has 1 rings (SSSR count). The molecule has 0 bridgehead atoms. The van der Waals surface area contributed by atoms with Crippen LogP contribution in [0.4, 0.5) is 0 Å². The number of aliphatic hydroxyl groups is 4. The molecular formula is C7H15O8P. The first-order chi connectivity index (χ1) is 7.22. The van der Waals surface area contributed by atoms with Crippen LogP contribution in [0, 0.1) is 0 Å². The van der Waals surface area contributed by atoms with Crippen molar-refractivity contribution >= 4 is 7.60 Å². The van der Waals surface area contributed by atoms with Crippen molar-refractivity contribution in [2.24, 2.45) is 0 Å². The summed E-state index contributed by atoms with van der Waals surface area (Å²) in [6.07, 6.45) is -8.31. The summed E-state index contributed by atoms with van der Waals surface area (Å²) in [6, 6.07) is 0. The van der Waals surface area contributed by atoms with Gasteiger partial charge in [0.25, 0.3) is 0 Å². The van der Waals surface area contributed by atoms with Gasteiger partial charge in [-0.05, 0) is 6.42 Å². The van der Waals surface area contributed by atoms with E-state index in [2.05, 4.69) is 0 Å². The van der Waals surface area contributed by atoms with Gasteiger partial charge in [-0.3, -0.25) is 4.57 Å². The lowest BCUT2D eigenvalue weighted by Crippen LogP contribution is -2.57. The van der Waals surface area contributed by atoms with Crippen LogP contribution in [0.1, 0.15) is 6.42 Å². The van der Waals surface area contributed by atoms with Crippen molar-refractivity contribution in [2.45, 2.75) is 37.1 Å². The molecule has 1 aliphatic rings. The van der Waals surface area contributed by atoms with Gasteiger partial charge in [-0.15, -0.1) is 0 Å². The van der Waals surface area contributed by atoms with Crippen molar-refractivity contribution in [1.29, 1.82) is 0 Å². The van der Waals surface area contributed by atoms with Crippen molar-refractivity contribution in [3.63, 3.8) is 0 Å². The lowest BCUT2D eigenvalue weighted by atomic mass is 9.97. The number of hydrogen-bond acceptors (Lipinski definition) is 6. The SMILES string of the molecule is O=P(O)(O)CC[C@H]1O[C@@H](O)[C@H](O)[C@@H](O)[C@@H]1O. The van der Waals surface area contributed by atoms with Crippen molar-refractivity contribution in [2.75, 3.05) is 6.16 Å². The highest BCUT2D eigenvalue weighted by atomic mass is 31.2. The van der Waals surface area contributed by atoms with Crippen LogP contribution in [0.5, 0.6) is 0 Å². The quantitative estimate of drug-likeness (QED) is 0.301. The van der Waals surface area contributed by atoms with Gasteiger partial charge in [0.15, 0.2) is 6.29 Å². The maximum absolute atomic E-state index is 10.6. The second-order valence-corrected chi connectivity index (χ2v) is 5.49. The molecule has 1 fully saturated rings. The molecular weight excluding hydrogens is 243 g/mol. The molecule has 96 valence electrons. The van der Waals surface area contributed by atoms with Crippen molar-refractivity contribution in [3.05, 3.63) is 0 Å². The molecule has 0 aromatic rings. The highest BCUT2D eigenvalue weighted by Gasteiger charge is 2.43. The van der Waals surface area contributed by atoms with Crippen molar-refractivity contribution in [3.8, 4) is 0 Å². The zero-order valence-electron chi connectivity index (χ0n) is 8.25. The van der Waals surface area contributed by atoms with Crippen molar-refractivity contribution in [1.82, 2.24) is 0 Å². The minimum absolute atomic E-state index is 0.230. The molecule has 0 spiro atoms. The normalized spacial score (nSPS) is 41.0. The second kappa shape index (κ2) is 5.07. The Labute approximate surface area is 91.3 Å². The van der Waals surface area contributed by atoms with Gasteiger partial charge >= 0.3 is 7.60 Å². The summed E-state index contributed by atoms with van der Waals surface area (Å²) in [5, 5.41) is 37.0. The Hall–Kier alpha value is -0.0500. The molecule has 1 saturated heterocycles. The molecule has 0 saturated carbocycles. The predicted molar refractivity (Wildman–Crippen MR) is 50.4 cm³/mol. The van der Waals surface area contributed by atoms with Crippen molar-refractivity contribution < 1.29 is 39.5 Å². The van der Waals surface area contributed by atoms with E-state index < -0.39 is 44.5 Å². The molecule has 5 atom stereocenters. The maximum atomic E-state index is 10.6. The fraction of sp³-hybridized carbons (Fsp3) is 1.00. The first kappa shape index (κ1) is 14.0. The van der Waals surface area contributed by atoms with Crippen LogP contribution in [0.25, 0.3) is 0 Å². The van der Waals surface area contributed by atoms with Crippen LogP contribution in [-0.2, 0) is 9.30 Å². The number of ether oxygens (including phenoxy) is 1. The topological polar surface area (TPSA) is 148 Å². The highest BCUT2D eigenvalue weighted by molar-refractivity contribution is 7.51. The molecule has 0 amide bonds. The zero-order valence-corrected chi connectivity index (χ0v) is 9.14. The average molecular weight is 258 g/mol. The molecule has 6 N–H and O–H groups in total. The summed E-state index contributed by atoms with van der Waals surface area (Å²) < 4.78 is 15.3.